The van der Waals surface area contributed by atoms with Gasteiger partial charge in [-0.15, -0.1) is 10.2 Å². The van der Waals surface area contributed by atoms with Crippen molar-refractivity contribution < 1.29 is 13.9 Å². The van der Waals surface area contributed by atoms with Crippen LogP contribution in [0.2, 0.25) is 0 Å². The number of halogens is 1. The fourth-order valence-corrected chi connectivity index (χ4v) is 3.22. The van der Waals surface area contributed by atoms with Crippen LogP contribution in [0.1, 0.15) is 19.8 Å². The molecule has 3 rings (SSSR count). The second kappa shape index (κ2) is 8.24. The topological polar surface area (TPSA) is 75.5 Å². The van der Waals surface area contributed by atoms with Crippen LogP contribution in [0.25, 0.3) is 0 Å². The molecule has 27 heavy (non-hydrogen) atoms. The number of carbonyl (C=O) groups excluding carboxylic acids is 1. The zero-order valence-electron chi connectivity index (χ0n) is 15.9. The summed E-state index contributed by atoms with van der Waals surface area (Å²) in [5, 5.41) is 11.5. The van der Waals surface area contributed by atoms with Crippen molar-refractivity contribution in [2.75, 3.05) is 36.5 Å². The molecule has 0 radical (unpaired) electrons. The Balaban J connectivity index is 1.64. The summed E-state index contributed by atoms with van der Waals surface area (Å²) in [6.07, 6.45) is 1.27. The van der Waals surface area contributed by atoms with E-state index in [1.165, 1.54) is 12.1 Å². The van der Waals surface area contributed by atoms with Crippen LogP contribution in [0.15, 0.2) is 24.3 Å². The van der Waals surface area contributed by atoms with E-state index in [2.05, 4.69) is 20.4 Å². The fraction of sp³-hybridized carbons (Fsp3) is 0.500. The summed E-state index contributed by atoms with van der Waals surface area (Å²) in [4.78, 5) is 15.6. The first kappa shape index (κ1) is 18.9. The lowest BCUT2D eigenvalue weighted by Gasteiger charge is -2.32. The second-order valence-electron chi connectivity index (χ2n) is 6.52. The van der Waals surface area contributed by atoms with E-state index in [0.717, 1.165) is 37.6 Å². The van der Waals surface area contributed by atoms with Gasteiger partial charge in [0.2, 0.25) is 11.9 Å². The number of alkyl carbamates (subject to hydrolysis) is 1. The van der Waals surface area contributed by atoms with Gasteiger partial charge >= 0.3 is 6.09 Å². The van der Waals surface area contributed by atoms with Crippen molar-refractivity contribution in [3.05, 3.63) is 30.1 Å². The predicted molar refractivity (Wildman–Crippen MR) is 101 cm³/mol. The SMILES string of the molecule is CCOC(=O)NC1CCN(c2nnc(N(C)c3ccc(F)cc3)n2C)CC1. The molecule has 1 aromatic heterocycles. The molecule has 1 N–H and O–H groups in total. The van der Waals surface area contributed by atoms with Crippen LogP contribution in [-0.4, -0.2) is 53.6 Å². The molecule has 2 heterocycles. The first-order chi connectivity index (χ1) is 13.0. The highest BCUT2D eigenvalue weighted by Crippen LogP contribution is 2.26. The molecule has 0 saturated carbocycles. The van der Waals surface area contributed by atoms with Gasteiger partial charge in [0.05, 0.1) is 6.61 Å². The summed E-state index contributed by atoms with van der Waals surface area (Å²) in [5.74, 6) is 1.17. The molecule has 8 nitrogen and oxygen atoms in total. The highest BCUT2D eigenvalue weighted by atomic mass is 19.1. The van der Waals surface area contributed by atoms with Crippen LogP contribution in [-0.2, 0) is 11.8 Å². The lowest BCUT2D eigenvalue weighted by atomic mass is 10.1. The Morgan fingerprint density at radius 2 is 1.96 bits per heavy atom. The Morgan fingerprint density at radius 3 is 2.59 bits per heavy atom. The zero-order chi connectivity index (χ0) is 19.4. The number of nitrogens with one attached hydrogen (secondary N) is 1. The number of carbonyl (C=O) groups is 1. The molecule has 1 saturated heterocycles. The summed E-state index contributed by atoms with van der Waals surface area (Å²) >= 11 is 0. The molecule has 0 aliphatic carbocycles. The molecule has 2 aromatic rings. The van der Waals surface area contributed by atoms with Crippen LogP contribution in [0, 0.1) is 5.82 Å². The minimum Gasteiger partial charge on any atom is -0.450 e. The first-order valence-electron chi connectivity index (χ1n) is 9.06. The van der Waals surface area contributed by atoms with Gasteiger partial charge in [0.1, 0.15) is 5.82 Å². The van der Waals surface area contributed by atoms with E-state index in [-0.39, 0.29) is 18.0 Å². The van der Waals surface area contributed by atoms with Crippen molar-refractivity contribution >= 4 is 23.7 Å². The van der Waals surface area contributed by atoms with Crippen molar-refractivity contribution in [3.8, 4) is 0 Å². The third-order valence-corrected chi connectivity index (χ3v) is 4.72. The molecule has 0 bridgehead atoms. The minimum atomic E-state index is -0.363. The van der Waals surface area contributed by atoms with Crippen molar-refractivity contribution in [1.82, 2.24) is 20.1 Å². The van der Waals surface area contributed by atoms with Gasteiger partial charge in [-0.3, -0.25) is 4.57 Å². The van der Waals surface area contributed by atoms with Crippen molar-refractivity contribution in [2.45, 2.75) is 25.8 Å². The molecule has 0 spiro atoms. The molecule has 1 aromatic carbocycles. The number of hydrogen-bond acceptors (Lipinski definition) is 6. The molecule has 0 atom stereocenters. The van der Waals surface area contributed by atoms with Crippen LogP contribution < -0.4 is 15.1 Å². The summed E-state index contributed by atoms with van der Waals surface area (Å²) < 4.78 is 20.0. The number of nitrogens with zero attached hydrogens (tertiary/aromatic N) is 5. The van der Waals surface area contributed by atoms with Crippen LogP contribution in [0.4, 0.5) is 26.8 Å². The molecule has 1 fully saturated rings. The third-order valence-electron chi connectivity index (χ3n) is 4.72. The quantitative estimate of drug-likeness (QED) is 0.864. The van der Waals surface area contributed by atoms with Crippen molar-refractivity contribution in [2.24, 2.45) is 7.05 Å². The molecule has 146 valence electrons. The lowest BCUT2D eigenvalue weighted by molar-refractivity contribution is 0.146. The predicted octanol–water partition coefficient (Wildman–Crippen LogP) is 2.44. The number of hydrogen-bond donors (Lipinski definition) is 1. The molecule has 0 unspecified atom stereocenters. The maximum absolute atomic E-state index is 13.1. The number of ether oxygens (including phenoxy) is 1. The Kier molecular flexibility index (Phi) is 5.78. The largest absolute Gasteiger partial charge is 0.450 e. The molecule has 9 heteroatoms. The Hall–Kier alpha value is -2.84. The van der Waals surface area contributed by atoms with Crippen LogP contribution in [0.3, 0.4) is 0 Å². The number of anilines is 3. The molecule has 1 aliphatic rings. The number of aromatic nitrogens is 3. The Bertz CT molecular complexity index is 771. The van der Waals surface area contributed by atoms with E-state index in [4.69, 9.17) is 4.74 Å². The van der Waals surface area contributed by atoms with Crippen molar-refractivity contribution in [1.29, 1.82) is 0 Å². The average molecular weight is 376 g/mol. The highest BCUT2D eigenvalue weighted by molar-refractivity contribution is 5.67. The molecule has 1 aliphatic heterocycles. The normalized spacial score (nSPS) is 14.9. The molecular formula is C18H25FN6O2. The second-order valence-corrected chi connectivity index (χ2v) is 6.52. The van der Waals surface area contributed by atoms with Gasteiger partial charge in [-0.05, 0) is 44.0 Å². The Morgan fingerprint density at radius 1 is 1.30 bits per heavy atom. The van der Waals surface area contributed by atoms with Crippen LogP contribution in [0.5, 0.6) is 0 Å². The molecular weight excluding hydrogens is 351 g/mol. The number of benzene rings is 1. The smallest absolute Gasteiger partial charge is 0.407 e. The number of piperidine rings is 1. The zero-order valence-corrected chi connectivity index (χ0v) is 15.9. The number of amides is 1. The van der Waals surface area contributed by atoms with Gasteiger partial charge in [0, 0.05) is 38.9 Å². The van der Waals surface area contributed by atoms with E-state index in [9.17, 15) is 9.18 Å². The number of rotatable bonds is 5. The monoisotopic (exact) mass is 376 g/mol. The Labute approximate surface area is 157 Å². The highest BCUT2D eigenvalue weighted by Gasteiger charge is 2.25. The van der Waals surface area contributed by atoms with E-state index < -0.39 is 0 Å². The lowest BCUT2D eigenvalue weighted by Crippen LogP contribution is -2.45. The van der Waals surface area contributed by atoms with Crippen LogP contribution >= 0.6 is 0 Å². The maximum Gasteiger partial charge on any atom is 0.407 e. The minimum absolute atomic E-state index is 0.106. The summed E-state index contributed by atoms with van der Waals surface area (Å²) in [6.45, 7) is 3.69. The average Bonchev–Trinajstić information content (AvgIpc) is 3.04. The first-order valence-corrected chi connectivity index (χ1v) is 9.06. The fourth-order valence-electron chi connectivity index (χ4n) is 3.22. The standard InChI is InChI=1S/C18H25FN6O2/c1-4-27-18(26)20-14-9-11-25(12-10-14)17-22-21-16(24(17)3)23(2)15-7-5-13(19)6-8-15/h5-8,14H,4,9-12H2,1-3H3,(H,20,26). The van der Waals surface area contributed by atoms with E-state index in [1.54, 1.807) is 19.1 Å². The molecule has 1 amide bonds. The third kappa shape index (κ3) is 4.29. The van der Waals surface area contributed by atoms with E-state index >= 15 is 0 Å². The van der Waals surface area contributed by atoms with Gasteiger partial charge in [-0.1, -0.05) is 0 Å². The van der Waals surface area contributed by atoms with Gasteiger partial charge in [-0.2, -0.15) is 0 Å². The maximum atomic E-state index is 13.1. The van der Waals surface area contributed by atoms with E-state index in [1.807, 2.05) is 23.6 Å². The van der Waals surface area contributed by atoms with Gasteiger partial charge in [0.25, 0.3) is 0 Å². The summed E-state index contributed by atoms with van der Waals surface area (Å²) in [6, 6.07) is 6.36. The summed E-state index contributed by atoms with van der Waals surface area (Å²) in [5.41, 5.74) is 0.829. The van der Waals surface area contributed by atoms with Gasteiger partial charge in [0.15, 0.2) is 0 Å². The van der Waals surface area contributed by atoms with Crippen molar-refractivity contribution in [3.63, 3.8) is 0 Å². The van der Waals surface area contributed by atoms with Gasteiger partial charge in [-0.25, -0.2) is 9.18 Å². The summed E-state index contributed by atoms with van der Waals surface area (Å²) in [7, 11) is 3.78. The van der Waals surface area contributed by atoms with E-state index in [0.29, 0.717) is 12.6 Å². The van der Waals surface area contributed by atoms with Gasteiger partial charge < -0.3 is 19.9 Å².